The van der Waals surface area contributed by atoms with Gasteiger partial charge in [0.15, 0.2) is 0 Å². The van der Waals surface area contributed by atoms with E-state index in [2.05, 4.69) is 24.1 Å². The average Bonchev–Trinajstić information content (AvgIpc) is 3.11. The Balaban J connectivity index is 1.41. The molecule has 0 atom stereocenters. The molecule has 4 nitrogen and oxygen atoms in total. The highest BCUT2D eigenvalue weighted by atomic mass is 16.5. The van der Waals surface area contributed by atoms with Gasteiger partial charge in [-0.25, -0.2) is 0 Å². The van der Waals surface area contributed by atoms with E-state index in [4.69, 9.17) is 9.47 Å². The molecule has 48 heavy (non-hydrogen) atoms. The number of azo groups is 1. The number of hydrogen-bond donors (Lipinski definition) is 0. The Labute approximate surface area is 297 Å². The molecule has 2 aromatic carbocycles. The highest BCUT2D eigenvalue weighted by Crippen LogP contribution is 2.24. The molecule has 0 amide bonds. The zero-order chi connectivity index (χ0) is 34.0. The van der Waals surface area contributed by atoms with Crippen LogP contribution in [0.5, 0.6) is 11.5 Å². The first kappa shape index (κ1) is 41.8. The molecule has 0 saturated heterocycles. The summed E-state index contributed by atoms with van der Waals surface area (Å²) >= 11 is 0. The molecule has 272 valence electrons. The normalized spacial score (nSPS) is 11.5. The molecule has 2 aromatic rings. The molecule has 0 saturated carbocycles. The summed E-state index contributed by atoms with van der Waals surface area (Å²) in [6.07, 6.45) is 38.5. The van der Waals surface area contributed by atoms with Gasteiger partial charge in [-0.3, -0.25) is 0 Å². The first-order valence-electron chi connectivity index (χ1n) is 20.7. The van der Waals surface area contributed by atoms with Crippen molar-refractivity contribution in [2.24, 2.45) is 10.2 Å². The molecule has 0 heterocycles. The Kier molecular flexibility index (Phi) is 27.8. The van der Waals surface area contributed by atoms with E-state index < -0.39 is 0 Å². The lowest BCUT2D eigenvalue weighted by Gasteiger charge is -2.07. The van der Waals surface area contributed by atoms with Crippen molar-refractivity contribution < 1.29 is 9.47 Å². The predicted molar refractivity (Wildman–Crippen MR) is 209 cm³/mol. The minimum Gasteiger partial charge on any atom is -0.494 e. The van der Waals surface area contributed by atoms with Crippen LogP contribution in [0.3, 0.4) is 0 Å². The second-order valence-corrected chi connectivity index (χ2v) is 14.1. The van der Waals surface area contributed by atoms with Gasteiger partial charge >= 0.3 is 0 Å². The maximum absolute atomic E-state index is 5.95. The monoisotopic (exact) mass is 663 g/mol. The summed E-state index contributed by atoms with van der Waals surface area (Å²) in [6, 6.07) is 15.9. The van der Waals surface area contributed by atoms with Gasteiger partial charge in [-0.2, -0.15) is 10.2 Å². The second-order valence-electron chi connectivity index (χ2n) is 14.1. The molecule has 4 heteroatoms. The summed E-state index contributed by atoms with van der Waals surface area (Å²) in [6.45, 7) is 6.15. The van der Waals surface area contributed by atoms with E-state index in [-0.39, 0.29) is 0 Å². The van der Waals surface area contributed by atoms with Crippen LogP contribution < -0.4 is 9.47 Å². The van der Waals surface area contributed by atoms with Gasteiger partial charge in [-0.15, -0.1) is 0 Å². The van der Waals surface area contributed by atoms with E-state index in [9.17, 15) is 0 Å². The predicted octanol–water partition coefficient (Wildman–Crippen LogP) is 15.8. The third-order valence-corrected chi connectivity index (χ3v) is 9.49. The molecule has 0 unspecified atom stereocenters. The SMILES string of the molecule is CCCCCCCCCCCCCCCCOc1ccc(N=Nc2ccc(OCCCCCCCCCCCCCCCC)cc2)cc1. The molecule has 0 radical (unpaired) electrons. The van der Waals surface area contributed by atoms with Crippen LogP contribution >= 0.6 is 0 Å². The Bertz CT molecular complexity index is 893. The molecule has 0 aromatic heterocycles. The van der Waals surface area contributed by atoms with Gasteiger partial charge < -0.3 is 9.47 Å². The lowest BCUT2D eigenvalue weighted by Crippen LogP contribution is -1.97. The standard InChI is InChI=1S/C44H74N2O2/c1-3-5-7-9-11-13-15-17-19-21-23-25-27-29-39-47-43-35-31-41(32-36-43)45-46-42-33-37-44(38-34-42)48-40-30-28-26-24-22-20-18-16-14-12-10-8-6-4-2/h31-38H,3-30,39-40H2,1-2H3. The van der Waals surface area contributed by atoms with Crippen molar-refractivity contribution in [1.82, 2.24) is 0 Å². The molecular weight excluding hydrogens is 588 g/mol. The third-order valence-electron chi connectivity index (χ3n) is 9.49. The summed E-state index contributed by atoms with van der Waals surface area (Å²) in [4.78, 5) is 0. The lowest BCUT2D eigenvalue weighted by atomic mass is 10.0. The van der Waals surface area contributed by atoms with Crippen LogP contribution in [-0.4, -0.2) is 13.2 Å². The minimum atomic E-state index is 0.784. The average molecular weight is 663 g/mol. The van der Waals surface area contributed by atoms with Crippen molar-refractivity contribution in [1.29, 1.82) is 0 Å². The van der Waals surface area contributed by atoms with E-state index in [1.807, 2.05) is 48.5 Å². The van der Waals surface area contributed by atoms with E-state index in [0.717, 1.165) is 48.9 Å². The van der Waals surface area contributed by atoms with Crippen molar-refractivity contribution in [2.45, 2.75) is 194 Å². The Morgan fingerprint density at radius 2 is 0.542 bits per heavy atom. The topological polar surface area (TPSA) is 43.2 Å². The fourth-order valence-electron chi connectivity index (χ4n) is 6.31. The quantitative estimate of drug-likeness (QED) is 0.0553. The zero-order valence-corrected chi connectivity index (χ0v) is 31.5. The van der Waals surface area contributed by atoms with E-state index in [1.54, 1.807) is 0 Å². The maximum Gasteiger partial charge on any atom is 0.119 e. The van der Waals surface area contributed by atoms with Crippen LogP contribution in [0.4, 0.5) is 11.4 Å². The number of unbranched alkanes of at least 4 members (excludes halogenated alkanes) is 26. The number of hydrogen-bond acceptors (Lipinski definition) is 4. The summed E-state index contributed by atoms with van der Waals surface area (Å²) in [7, 11) is 0. The Morgan fingerprint density at radius 1 is 0.312 bits per heavy atom. The van der Waals surface area contributed by atoms with Crippen molar-refractivity contribution in [3.05, 3.63) is 48.5 Å². The molecular formula is C44H74N2O2. The van der Waals surface area contributed by atoms with Crippen molar-refractivity contribution in [2.75, 3.05) is 13.2 Å². The van der Waals surface area contributed by atoms with Crippen LogP contribution in [0.25, 0.3) is 0 Å². The number of rotatable bonds is 34. The van der Waals surface area contributed by atoms with Crippen molar-refractivity contribution in [3.63, 3.8) is 0 Å². The van der Waals surface area contributed by atoms with Gasteiger partial charge in [0.25, 0.3) is 0 Å². The summed E-state index contributed by atoms with van der Waals surface area (Å²) < 4.78 is 11.9. The lowest BCUT2D eigenvalue weighted by molar-refractivity contribution is 0.304. The van der Waals surface area contributed by atoms with Crippen LogP contribution in [0.15, 0.2) is 58.8 Å². The maximum atomic E-state index is 5.95. The fraction of sp³-hybridized carbons (Fsp3) is 0.727. The van der Waals surface area contributed by atoms with E-state index >= 15 is 0 Å². The van der Waals surface area contributed by atoms with Crippen molar-refractivity contribution >= 4 is 11.4 Å². The summed E-state index contributed by atoms with van der Waals surface area (Å²) in [5.41, 5.74) is 1.66. The first-order valence-corrected chi connectivity index (χ1v) is 20.7. The summed E-state index contributed by atoms with van der Waals surface area (Å²) in [5, 5.41) is 8.80. The molecule has 0 spiro atoms. The van der Waals surface area contributed by atoms with E-state index in [1.165, 1.54) is 167 Å². The van der Waals surface area contributed by atoms with Crippen molar-refractivity contribution in [3.8, 4) is 11.5 Å². The highest BCUT2D eigenvalue weighted by molar-refractivity contribution is 5.44. The largest absolute Gasteiger partial charge is 0.494 e. The number of ether oxygens (including phenoxy) is 2. The van der Waals surface area contributed by atoms with Crippen LogP contribution in [0.1, 0.15) is 194 Å². The van der Waals surface area contributed by atoms with Crippen LogP contribution in [0.2, 0.25) is 0 Å². The first-order chi connectivity index (χ1) is 23.8. The van der Waals surface area contributed by atoms with Gasteiger partial charge in [0.2, 0.25) is 0 Å². The minimum absolute atomic E-state index is 0.784. The molecule has 0 N–H and O–H groups in total. The van der Waals surface area contributed by atoms with Gasteiger partial charge in [0.1, 0.15) is 11.5 Å². The van der Waals surface area contributed by atoms with E-state index in [0.29, 0.717) is 0 Å². The van der Waals surface area contributed by atoms with Gasteiger partial charge in [0, 0.05) is 0 Å². The highest BCUT2D eigenvalue weighted by Gasteiger charge is 2.00. The van der Waals surface area contributed by atoms with Gasteiger partial charge in [-0.1, -0.05) is 181 Å². The molecule has 0 bridgehead atoms. The van der Waals surface area contributed by atoms with Crippen LogP contribution in [0, 0.1) is 0 Å². The van der Waals surface area contributed by atoms with Gasteiger partial charge in [-0.05, 0) is 61.4 Å². The zero-order valence-electron chi connectivity index (χ0n) is 31.5. The van der Waals surface area contributed by atoms with Crippen LogP contribution in [-0.2, 0) is 0 Å². The Morgan fingerprint density at radius 3 is 0.792 bits per heavy atom. The molecule has 0 aliphatic carbocycles. The molecule has 0 aliphatic rings. The molecule has 0 aliphatic heterocycles. The molecule has 2 rings (SSSR count). The second kappa shape index (κ2) is 31.9. The fourth-order valence-corrected chi connectivity index (χ4v) is 6.31. The summed E-state index contributed by atoms with van der Waals surface area (Å²) in [5.74, 6) is 1.81. The smallest absolute Gasteiger partial charge is 0.119 e. The Hall–Kier alpha value is -2.36. The number of benzene rings is 2. The van der Waals surface area contributed by atoms with Gasteiger partial charge in [0.05, 0.1) is 24.6 Å². The molecule has 0 fully saturated rings. The third kappa shape index (κ3) is 24.7. The number of nitrogens with zero attached hydrogens (tertiary/aromatic N) is 2.